The highest BCUT2D eigenvalue weighted by atomic mass is 19.4. The largest absolute Gasteiger partial charge is 0.581 e. The molecule has 0 aromatic carbocycles. The van der Waals surface area contributed by atoms with Gasteiger partial charge in [0.05, 0.1) is 0 Å². The Labute approximate surface area is 57.9 Å². The van der Waals surface area contributed by atoms with E-state index in [-0.39, 0.29) is 0 Å². The summed E-state index contributed by atoms with van der Waals surface area (Å²) >= 11 is 0. The first kappa shape index (κ1) is 9.81. The van der Waals surface area contributed by atoms with Gasteiger partial charge in [-0.15, -0.1) is 13.2 Å². The quantitative estimate of drug-likeness (QED) is 0.447. The van der Waals surface area contributed by atoms with Gasteiger partial charge < -0.3 is 9.47 Å². The molecule has 0 saturated heterocycles. The fourth-order valence-corrected chi connectivity index (χ4v) is 0.147. The number of alkyl halides is 5. The lowest BCUT2D eigenvalue weighted by Crippen LogP contribution is -2.08. The van der Waals surface area contributed by atoms with E-state index < -0.39 is 13.0 Å². The summed E-state index contributed by atoms with van der Waals surface area (Å²) < 4.78 is 60.9. The second-order valence-corrected chi connectivity index (χ2v) is 1.13. The van der Waals surface area contributed by atoms with Crippen LogP contribution < -0.4 is 0 Å². The number of rotatable bonds is 1. The maximum Gasteiger partial charge on any atom is 0.581 e. The van der Waals surface area contributed by atoms with E-state index in [1.54, 1.807) is 0 Å². The Balaban J connectivity index is 3.57. The standard InChI is InChI=1S/C4HF5O2/c5-3(6)10-1-2-11-4(7,8)9/h3H. The highest BCUT2D eigenvalue weighted by Crippen LogP contribution is 2.14. The van der Waals surface area contributed by atoms with Gasteiger partial charge in [0.15, 0.2) is 12.2 Å². The van der Waals surface area contributed by atoms with E-state index in [1.807, 2.05) is 0 Å². The van der Waals surface area contributed by atoms with Crippen molar-refractivity contribution >= 4 is 0 Å². The molecule has 0 bridgehead atoms. The van der Waals surface area contributed by atoms with Crippen molar-refractivity contribution in [3.8, 4) is 12.2 Å². The monoisotopic (exact) mass is 176 g/mol. The molecule has 0 aromatic rings. The van der Waals surface area contributed by atoms with Crippen LogP contribution in [-0.4, -0.2) is 13.0 Å². The second kappa shape index (κ2) is 3.85. The Morgan fingerprint density at radius 1 is 1.09 bits per heavy atom. The summed E-state index contributed by atoms with van der Waals surface area (Å²) in [6, 6.07) is 0. The fraction of sp³-hybridized carbons (Fsp3) is 0.500. The minimum absolute atomic E-state index is 0.879. The van der Waals surface area contributed by atoms with E-state index in [2.05, 4.69) is 9.47 Å². The van der Waals surface area contributed by atoms with E-state index in [4.69, 9.17) is 0 Å². The molecule has 0 saturated carbocycles. The molecule has 0 spiro atoms. The van der Waals surface area contributed by atoms with Crippen molar-refractivity contribution in [2.45, 2.75) is 13.0 Å². The highest BCUT2D eigenvalue weighted by Gasteiger charge is 2.29. The third-order valence-corrected chi connectivity index (χ3v) is 0.356. The maximum absolute atomic E-state index is 11.0. The van der Waals surface area contributed by atoms with Gasteiger partial charge >= 0.3 is 13.0 Å². The molecule has 11 heavy (non-hydrogen) atoms. The van der Waals surface area contributed by atoms with Crippen molar-refractivity contribution in [1.29, 1.82) is 0 Å². The molecular formula is C4HF5O2. The molecule has 0 fully saturated rings. The predicted molar refractivity (Wildman–Crippen MR) is 22.0 cm³/mol. The van der Waals surface area contributed by atoms with Gasteiger partial charge in [-0.05, 0) is 0 Å². The van der Waals surface area contributed by atoms with Crippen molar-refractivity contribution in [2.75, 3.05) is 0 Å². The molecule has 64 valence electrons. The molecule has 0 radical (unpaired) electrons. The van der Waals surface area contributed by atoms with Crippen LogP contribution in [0.1, 0.15) is 0 Å². The van der Waals surface area contributed by atoms with E-state index in [0.717, 1.165) is 12.2 Å². The van der Waals surface area contributed by atoms with Crippen LogP contribution in [0, 0.1) is 12.2 Å². The lowest BCUT2D eigenvalue weighted by atomic mass is 11.1. The minimum atomic E-state index is -4.96. The fourth-order valence-electron chi connectivity index (χ4n) is 0.147. The van der Waals surface area contributed by atoms with Gasteiger partial charge in [0, 0.05) is 0 Å². The molecule has 0 aliphatic heterocycles. The van der Waals surface area contributed by atoms with Gasteiger partial charge in [0.25, 0.3) is 0 Å². The highest BCUT2D eigenvalue weighted by molar-refractivity contribution is 4.80. The van der Waals surface area contributed by atoms with E-state index in [0.29, 0.717) is 0 Å². The summed E-state index contributed by atoms with van der Waals surface area (Å²) in [7, 11) is 0. The van der Waals surface area contributed by atoms with Gasteiger partial charge in [-0.2, -0.15) is 8.78 Å². The van der Waals surface area contributed by atoms with Crippen molar-refractivity contribution in [1.82, 2.24) is 0 Å². The first-order chi connectivity index (χ1) is 4.92. The molecule has 0 heterocycles. The van der Waals surface area contributed by atoms with Crippen molar-refractivity contribution in [2.24, 2.45) is 0 Å². The van der Waals surface area contributed by atoms with Crippen molar-refractivity contribution in [3.63, 3.8) is 0 Å². The van der Waals surface area contributed by atoms with Crippen LogP contribution in [0.3, 0.4) is 0 Å². The Bertz CT molecular complexity index is 164. The summed E-state index contributed by atoms with van der Waals surface area (Å²) in [4.78, 5) is 0. The van der Waals surface area contributed by atoms with Crippen LogP contribution in [-0.2, 0) is 9.47 Å². The number of hydrogen-bond acceptors (Lipinski definition) is 2. The summed E-state index contributed by atoms with van der Waals surface area (Å²) in [5.74, 6) is 0. The van der Waals surface area contributed by atoms with Crippen LogP contribution in [0.5, 0.6) is 0 Å². The molecule has 0 atom stereocenters. The van der Waals surface area contributed by atoms with Crippen molar-refractivity contribution < 1.29 is 31.4 Å². The van der Waals surface area contributed by atoms with Gasteiger partial charge in [-0.1, -0.05) is 0 Å². The predicted octanol–water partition coefficient (Wildman–Crippen LogP) is 1.68. The summed E-state index contributed by atoms with van der Waals surface area (Å²) in [6.45, 7) is -3.24. The Hall–Kier alpha value is -1.19. The van der Waals surface area contributed by atoms with Gasteiger partial charge in [0.1, 0.15) is 0 Å². The number of hydrogen-bond donors (Lipinski definition) is 0. The van der Waals surface area contributed by atoms with Crippen LogP contribution in [0.25, 0.3) is 0 Å². The van der Waals surface area contributed by atoms with E-state index in [1.165, 1.54) is 0 Å². The van der Waals surface area contributed by atoms with Crippen LogP contribution >= 0.6 is 0 Å². The first-order valence-electron chi connectivity index (χ1n) is 2.10. The van der Waals surface area contributed by atoms with Crippen LogP contribution in [0.15, 0.2) is 0 Å². The van der Waals surface area contributed by atoms with Crippen LogP contribution in [0.2, 0.25) is 0 Å². The van der Waals surface area contributed by atoms with Gasteiger partial charge in [-0.3, -0.25) is 0 Å². The lowest BCUT2D eigenvalue weighted by molar-refractivity contribution is -0.291. The normalized spacial score (nSPS) is 10.4. The zero-order chi connectivity index (χ0) is 8.91. The third kappa shape index (κ3) is 8.81. The molecule has 0 unspecified atom stereocenters. The van der Waals surface area contributed by atoms with Gasteiger partial charge in [-0.25, -0.2) is 0 Å². The molecule has 7 heteroatoms. The first-order valence-corrected chi connectivity index (χ1v) is 2.10. The minimum Gasteiger partial charge on any atom is -0.378 e. The average molecular weight is 176 g/mol. The maximum atomic E-state index is 11.0. The zero-order valence-corrected chi connectivity index (χ0v) is 4.78. The van der Waals surface area contributed by atoms with Crippen LogP contribution in [0.4, 0.5) is 22.0 Å². The second-order valence-electron chi connectivity index (χ2n) is 1.13. The number of ether oxygens (including phenoxy) is 2. The average Bonchev–Trinajstić information content (AvgIpc) is 1.78. The molecular weight excluding hydrogens is 175 g/mol. The van der Waals surface area contributed by atoms with E-state index in [9.17, 15) is 22.0 Å². The van der Waals surface area contributed by atoms with Crippen molar-refractivity contribution in [3.05, 3.63) is 0 Å². The zero-order valence-electron chi connectivity index (χ0n) is 4.78. The molecule has 0 N–H and O–H groups in total. The molecule has 2 nitrogen and oxygen atoms in total. The Kier molecular flexibility index (Phi) is 3.44. The summed E-state index contributed by atoms with van der Waals surface area (Å²) in [5, 5.41) is 0. The molecule has 0 aromatic heterocycles. The molecule has 0 aliphatic rings. The third-order valence-electron chi connectivity index (χ3n) is 0.356. The lowest BCUT2D eigenvalue weighted by Gasteiger charge is -1.98. The molecule has 0 rings (SSSR count). The van der Waals surface area contributed by atoms with E-state index >= 15 is 0 Å². The summed E-state index contributed by atoms with van der Waals surface area (Å²) in [6.07, 6.45) is -3.08. The molecule has 0 amide bonds. The topological polar surface area (TPSA) is 18.5 Å². The SMILES string of the molecule is FC(F)OC#COC(F)(F)F. The molecule has 0 aliphatic carbocycles. The Morgan fingerprint density at radius 2 is 1.64 bits per heavy atom. The summed E-state index contributed by atoms with van der Waals surface area (Å²) in [5.41, 5.74) is 0. The van der Waals surface area contributed by atoms with Gasteiger partial charge in [0.2, 0.25) is 0 Å². The number of halogens is 5. The Morgan fingerprint density at radius 3 is 2.00 bits per heavy atom. The smallest absolute Gasteiger partial charge is 0.378 e.